The molecular weight excluding hydrogens is 299 g/mol. The van der Waals surface area contributed by atoms with Crippen LogP contribution in [0.3, 0.4) is 0 Å². The highest BCUT2D eigenvalue weighted by molar-refractivity contribution is 6.35. The summed E-state index contributed by atoms with van der Waals surface area (Å²) >= 11 is 11.9. The Morgan fingerprint density at radius 1 is 1.30 bits per heavy atom. The van der Waals surface area contributed by atoms with Crippen LogP contribution in [0.15, 0.2) is 18.2 Å². The van der Waals surface area contributed by atoms with E-state index >= 15 is 0 Å². The molecule has 0 aromatic heterocycles. The van der Waals surface area contributed by atoms with Crippen LogP contribution in [0.1, 0.15) is 38.3 Å². The smallest absolute Gasteiger partial charge is 0.315 e. The summed E-state index contributed by atoms with van der Waals surface area (Å²) in [4.78, 5) is 11.8. The van der Waals surface area contributed by atoms with Crippen LogP contribution in [-0.4, -0.2) is 23.8 Å². The van der Waals surface area contributed by atoms with Gasteiger partial charge < -0.3 is 15.7 Å². The summed E-state index contributed by atoms with van der Waals surface area (Å²) in [6, 6.07) is 4.72. The van der Waals surface area contributed by atoms with Gasteiger partial charge in [0.1, 0.15) is 0 Å². The third-order valence-corrected chi connectivity index (χ3v) is 3.51. The molecule has 3 N–H and O–H groups in total. The highest BCUT2D eigenvalue weighted by Crippen LogP contribution is 2.25. The standard InChI is InChI=1S/C14H20Cl2N2O2/c1-9(4-3-7-19)17-14(20)18-10(2)12-6-5-11(15)8-13(12)16/h5-6,8-10,19H,3-4,7H2,1-2H3,(H2,17,18,20)/t9-,10+/m1/s1. The Morgan fingerprint density at radius 2 is 2.00 bits per heavy atom. The first-order valence-electron chi connectivity index (χ1n) is 6.57. The Morgan fingerprint density at radius 3 is 2.60 bits per heavy atom. The maximum atomic E-state index is 11.8. The van der Waals surface area contributed by atoms with Crippen LogP contribution < -0.4 is 10.6 Å². The van der Waals surface area contributed by atoms with Gasteiger partial charge in [-0.2, -0.15) is 0 Å². The van der Waals surface area contributed by atoms with Gasteiger partial charge in [-0.25, -0.2) is 4.79 Å². The van der Waals surface area contributed by atoms with Gasteiger partial charge in [-0.15, -0.1) is 0 Å². The van der Waals surface area contributed by atoms with Gasteiger partial charge in [-0.1, -0.05) is 29.3 Å². The van der Waals surface area contributed by atoms with Gasteiger partial charge in [0.05, 0.1) is 6.04 Å². The van der Waals surface area contributed by atoms with E-state index in [1.165, 1.54) is 0 Å². The lowest BCUT2D eigenvalue weighted by Gasteiger charge is -2.19. The molecule has 0 aliphatic rings. The predicted molar refractivity (Wildman–Crippen MR) is 82.3 cm³/mol. The van der Waals surface area contributed by atoms with Gasteiger partial charge in [0.25, 0.3) is 0 Å². The van der Waals surface area contributed by atoms with Crippen molar-refractivity contribution in [1.29, 1.82) is 0 Å². The number of rotatable bonds is 6. The van der Waals surface area contributed by atoms with Crippen molar-refractivity contribution in [1.82, 2.24) is 10.6 Å². The highest BCUT2D eigenvalue weighted by Gasteiger charge is 2.14. The van der Waals surface area contributed by atoms with Crippen LogP contribution in [0, 0.1) is 0 Å². The summed E-state index contributed by atoms with van der Waals surface area (Å²) in [5, 5.41) is 15.5. The first kappa shape index (κ1) is 17.1. The highest BCUT2D eigenvalue weighted by atomic mass is 35.5. The molecule has 0 fully saturated rings. The summed E-state index contributed by atoms with van der Waals surface area (Å²) in [7, 11) is 0. The van der Waals surface area contributed by atoms with E-state index in [2.05, 4.69) is 10.6 Å². The lowest BCUT2D eigenvalue weighted by atomic mass is 10.1. The van der Waals surface area contributed by atoms with Crippen molar-refractivity contribution >= 4 is 29.2 Å². The quantitative estimate of drug-likeness (QED) is 0.751. The van der Waals surface area contributed by atoms with E-state index < -0.39 is 0 Å². The molecule has 0 unspecified atom stereocenters. The second kappa shape index (κ2) is 8.35. The minimum absolute atomic E-state index is 0.00930. The molecule has 2 atom stereocenters. The maximum absolute atomic E-state index is 11.8. The number of benzene rings is 1. The largest absolute Gasteiger partial charge is 0.396 e. The van der Waals surface area contributed by atoms with Crippen molar-refractivity contribution in [3.8, 4) is 0 Å². The van der Waals surface area contributed by atoms with Crippen molar-refractivity contribution in [2.45, 2.75) is 38.8 Å². The SMILES string of the molecule is C[C@H](CCCO)NC(=O)N[C@@H](C)c1ccc(Cl)cc1Cl. The van der Waals surface area contributed by atoms with Crippen molar-refractivity contribution < 1.29 is 9.90 Å². The third-order valence-electron chi connectivity index (χ3n) is 2.95. The predicted octanol–water partition coefficient (Wildman–Crippen LogP) is 3.51. The number of halogens is 2. The number of carbonyl (C=O) groups is 1. The number of hydrogen-bond donors (Lipinski definition) is 3. The summed E-state index contributed by atoms with van der Waals surface area (Å²) in [5.41, 5.74) is 0.814. The van der Waals surface area contributed by atoms with Crippen molar-refractivity contribution in [3.63, 3.8) is 0 Å². The Kier molecular flexibility index (Phi) is 7.13. The van der Waals surface area contributed by atoms with Gasteiger partial charge in [-0.3, -0.25) is 0 Å². The van der Waals surface area contributed by atoms with E-state index in [4.69, 9.17) is 28.3 Å². The number of carbonyl (C=O) groups excluding carboxylic acids is 1. The molecule has 1 aromatic carbocycles. The summed E-state index contributed by atoms with van der Waals surface area (Å²) < 4.78 is 0. The molecule has 1 aromatic rings. The Bertz CT molecular complexity index is 455. The third kappa shape index (κ3) is 5.57. The van der Waals surface area contributed by atoms with Crippen molar-refractivity contribution in [2.24, 2.45) is 0 Å². The van der Waals surface area contributed by atoms with Crippen LogP contribution in [0.5, 0.6) is 0 Å². The Balaban J connectivity index is 2.52. The van der Waals surface area contributed by atoms with Gasteiger partial charge in [0, 0.05) is 22.7 Å². The average Bonchev–Trinajstić information content (AvgIpc) is 2.35. The van der Waals surface area contributed by atoms with E-state index in [0.717, 1.165) is 12.0 Å². The average molecular weight is 319 g/mol. The number of aliphatic hydroxyl groups is 1. The zero-order chi connectivity index (χ0) is 15.1. The van der Waals surface area contributed by atoms with Crippen LogP contribution in [-0.2, 0) is 0 Å². The molecule has 0 saturated carbocycles. The number of urea groups is 1. The molecule has 0 aliphatic carbocycles. The number of nitrogens with one attached hydrogen (secondary N) is 2. The lowest BCUT2D eigenvalue weighted by molar-refractivity contribution is 0.231. The number of amides is 2. The molecular formula is C14H20Cl2N2O2. The number of hydrogen-bond acceptors (Lipinski definition) is 2. The van der Waals surface area contributed by atoms with Crippen LogP contribution >= 0.6 is 23.2 Å². The second-order valence-electron chi connectivity index (χ2n) is 4.77. The molecule has 112 valence electrons. The van der Waals surface area contributed by atoms with E-state index in [-0.39, 0.29) is 24.7 Å². The molecule has 1 rings (SSSR count). The minimum Gasteiger partial charge on any atom is -0.396 e. The van der Waals surface area contributed by atoms with E-state index in [9.17, 15) is 4.79 Å². The van der Waals surface area contributed by atoms with Gasteiger partial charge in [0.15, 0.2) is 0 Å². The molecule has 0 radical (unpaired) electrons. The fraction of sp³-hybridized carbons (Fsp3) is 0.500. The Hall–Kier alpha value is -0.970. The topological polar surface area (TPSA) is 61.4 Å². The van der Waals surface area contributed by atoms with Gasteiger partial charge >= 0.3 is 6.03 Å². The number of aliphatic hydroxyl groups excluding tert-OH is 1. The second-order valence-corrected chi connectivity index (χ2v) is 5.62. The zero-order valence-electron chi connectivity index (χ0n) is 11.6. The minimum atomic E-state index is -0.256. The lowest BCUT2D eigenvalue weighted by Crippen LogP contribution is -2.41. The molecule has 0 aliphatic heterocycles. The normalized spacial score (nSPS) is 13.7. The molecule has 4 nitrogen and oxygen atoms in total. The van der Waals surface area contributed by atoms with Gasteiger partial charge in [0.2, 0.25) is 0 Å². The molecule has 2 amide bonds. The molecule has 6 heteroatoms. The zero-order valence-corrected chi connectivity index (χ0v) is 13.1. The van der Waals surface area contributed by atoms with E-state index in [0.29, 0.717) is 16.5 Å². The Labute approximate surface area is 129 Å². The van der Waals surface area contributed by atoms with Crippen LogP contribution in [0.4, 0.5) is 4.79 Å². The van der Waals surface area contributed by atoms with Gasteiger partial charge in [-0.05, 0) is 44.4 Å². The molecule has 20 heavy (non-hydrogen) atoms. The summed E-state index contributed by atoms with van der Waals surface area (Å²) in [6.07, 6.45) is 1.40. The maximum Gasteiger partial charge on any atom is 0.315 e. The van der Waals surface area contributed by atoms with Crippen molar-refractivity contribution in [3.05, 3.63) is 33.8 Å². The molecule has 0 spiro atoms. The van der Waals surface area contributed by atoms with Crippen LogP contribution in [0.2, 0.25) is 10.0 Å². The summed E-state index contributed by atoms with van der Waals surface area (Å²) in [6.45, 7) is 3.88. The summed E-state index contributed by atoms with van der Waals surface area (Å²) in [5.74, 6) is 0. The molecule has 0 saturated heterocycles. The van der Waals surface area contributed by atoms with E-state index in [1.54, 1.807) is 18.2 Å². The first-order valence-corrected chi connectivity index (χ1v) is 7.32. The van der Waals surface area contributed by atoms with Crippen molar-refractivity contribution in [2.75, 3.05) is 6.61 Å². The first-order chi connectivity index (χ1) is 9.43. The van der Waals surface area contributed by atoms with E-state index in [1.807, 2.05) is 13.8 Å². The molecule has 0 bridgehead atoms. The molecule has 0 heterocycles. The fourth-order valence-electron chi connectivity index (χ4n) is 1.86. The monoisotopic (exact) mass is 318 g/mol. The fourth-order valence-corrected chi connectivity index (χ4v) is 2.43. The van der Waals surface area contributed by atoms with Crippen LogP contribution in [0.25, 0.3) is 0 Å².